The van der Waals surface area contributed by atoms with Gasteiger partial charge < -0.3 is 10.8 Å². The van der Waals surface area contributed by atoms with Crippen LogP contribution in [0.3, 0.4) is 0 Å². The largest absolute Gasteiger partial charge is 0.390 e. The number of aliphatic hydroxyl groups is 1. The molecule has 0 aromatic carbocycles. The Labute approximate surface area is 126 Å². The van der Waals surface area contributed by atoms with Crippen molar-refractivity contribution < 1.29 is 5.11 Å². The van der Waals surface area contributed by atoms with Crippen LogP contribution in [0.15, 0.2) is 0 Å². The van der Waals surface area contributed by atoms with Crippen LogP contribution in [0.5, 0.6) is 0 Å². The Kier molecular flexibility index (Phi) is 6.10. The van der Waals surface area contributed by atoms with Crippen molar-refractivity contribution in [3.05, 3.63) is 0 Å². The molecule has 3 N–H and O–H groups in total. The Balaban J connectivity index is 2.70. The maximum Gasteiger partial charge on any atom is 0.0687 e. The molecule has 120 valence electrons. The van der Waals surface area contributed by atoms with Crippen LogP contribution in [-0.4, -0.2) is 17.3 Å². The Morgan fingerprint density at radius 3 is 2.05 bits per heavy atom. The predicted molar refractivity (Wildman–Crippen MR) is 87.7 cm³/mol. The monoisotopic (exact) mass is 283 g/mol. The van der Waals surface area contributed by atoms with Gasteiger partial charge in [-0.15, -0.1) is 0 Å². The maximum atomic E-state index is 11.0. The van der Waals surface area contributed by atoms with Gasteiger partial charge in [-0.3, -0.25) is 0 Å². The number of rotatable bonds is 6. The smallest absolute Gasteiger partial charge is 0.0687 e. The Bertz CT molecular complexity index is 282. The van der Waals surface area contributed by atoms with E-state index in [9.17, 15) is 5.11 Å². The second-order valence-corrected chi connectivity index (χ2v) is 8.36. The lowest BCUT2D eigenvalue weighted by Gasteiger charge is -2.51. The second-order valence-electron chi connectivity index (χ2n) is 8.36. The van der Waals surface area contributed by atoms with E-state index in [4.69, 9.17) is 5.73 Å². The summed E-state index contributed by atoms with van der Waals surface area (Å²) in [6.45, 7) is 11.9. The summed E-state index contributed by atoms with van der Waals surface area (Å²) in [7, 11) is 0. The highest BCUT2D eigenvalue weighted by Gasteiger charge is 2.48. The van der Waals surface area contributed by atoms with Crippen molar-refractivity contribution >= 4 is 0 Å². The Morgan fingerprint density at radius 2 is 1.65 bits per heavy atom. The normalized spacial score (nSPS) is 31.1. The molecule has 0 amide bonds. The molecule has 0 heterocycles. The topological polar surface area (TPSA) is 46.2 Å². The molecule has 1 aliphatic rings. The van der Waals surface area contributed by atoms with E-state index in [0.29, 0.717) is 12.0 Å². The molecule has 1 fully saturated rings. The van der Waals surface area contributed by atoms with Gasteiger partial charge in [-0.05, 0) is 50.4 Å². The maximum absolute atomic E-state index is 11.0. The van der Waals surface area contributed by atoms with Crippen LogP contribution in [0.4, 0.5) is 0 Å². The molecule has 0 spiro atoms. The van der Waals surface area contributed by atoms with Crippen LogP contribution in [0.25, 0.3) is 0 Å². The van der Waals surface area contributed by atoms with Crippen LogP contribution < -0.4 is 5.73 Å². The van der Waals surface area contributed by atoms with Gasteiger partial charge in [0.05, 0.1) is 5.60 Å². The van der Waals surface area contributed by atoms with Crippen molar-refractivity contribution in [1.29, 1.82) is 0 Å². The summed E-state index contributed by atoms with van der Waals surface area (Å²) < 4.78 is 0. The molecule has 2 heteroatoms. The third kappa shape index (κ3) is 3.98. The number of hydrogen-bond donors (Lipinski definition) is 2. The quantitative estimate of drug-likeness (QED) is 0.705. The Morgan fingerprint density at radius 1 is 1.10 bits per heavy atom. The van der Waals surface area contributed by atoms with Gasteiger partial charge in [0.2, 0.25) is 0 Å². The fraction of sp³-hybridized carbons (Fsp3) is 1.00. The molecule has 1 atom stereocenters. The first-order valence-electron chi connectivity index (χ1n) is 8.61. The Hall–Kier alpha value is -0.0800. The van der Waals surface area contributed by atoms with Gasteiger partial charge in [-0.2, -0.15) is 0 Å². The van der Waals surface area contributed by atoms with Crippen LogP contribution in [0.2, 0.25) is 0 Å². The highest BCUT2D eigenvalue weighted by Crippen LogP contribution is 2.51. The van der Waals surface area contributed by atoms with Crippen molar-refractivity contribution in [2.45, 2.75) is 91.6 Å². The molecular formula is C18H37NO. The minimum absolute atomic E-state index is 0.0531. The third-order valence-corrected chi connectivity index (χ3v) is 5.97. The summed E-state index contributed by atoms with van der Waals surface area (Å²) >= 11 is 0. The van der Waals surface area contributed by atoms with Crippen LogP contribution in [-0.2, 0) is 0 Å². The van der Waals surface area contributed by atoms with E-state index in [1.807, 2.05) is 6.92 Å². The lowest BCUT2D eigenvalue weighted by Crippen LogP contribution is -2.53. The minimum atomic E-state index is -0.597. The fourth-order valence-corrected chi connectivity index (χ4v) is 3.98. The molecule has 1 saturated carbocycles. The van der Waals surface area contributed by atoms with Crippen molar-refractivity contribution in [3.8, 4) is 0 Å². The number of hydrogen-bond acceptors (Lipinski definition) is 2. The van der Waals surface area contributed by atoms with E-state index >= 15 is 0 Å². The molecule has 0 saturated heterocycles. The lowest BCUT2D eigenvalue weighted by atomic mass is 9.57. The highest BCUT2D eigenvalue weighted by atomic mass is 16.3. The second kappa shape index (κ2) is 6.79. The van der Waals surface area contributed by atoms with Gasteiger partial charge >= 0.3 is 0 Å². The summed E-state index contributed by atoms with van der Waals surface area (Å²) in [6.07, 6.45) is 9.04. The summed E-state index contributed by atoms with van der Waals surface area (Å²) in [4.78, 5) is 0. The average Bonchev–Trinajstić information content (AvgIpc) is 2.37. The summed E-state index contributed by atoms with van der Waals surface area (Å²) in [5, 5.41) is 11.0. The molecule has 2 nitrogen and oxygen atoms in total. The highest BCUT2D eigenvalue weighted by molar-refractivity contribution is 5.00. The van der Waals surface area contributed by atoms with E-state index in [-0.39, 0.29) is 5.41 Å². The number of nitrogens with two attached hydrogens (primary N) is 1. The van der Waals surface area contributed by atoms with Crippen molar-refractivity contribution in [3.63, 3.8) is 0 Å². The van der Waals surface area contributed by atoms with Gasteiger partial charge in [0.15, 0.2) is 0 Å². The van der Waals surface area contributed by atoms with E-state index in [1.54, 1.807) is 0 Å². The van der Waals surface area contributed by atoms with E-state index in [0.717, 1.165) is 31.6 Å². The van der Waals surface area contributed by atoms with Crippen LogP contribution in [0.1, 0.15) is 86.0 Å². The van der Waals surface area contributed by atoms with Gasteiger partial charge in [0.1, 0.15) is 0 Å². The molecule has 0 bridgehead atoms. The molecular weight excluding hydrogens is 246 g/mol. The molecule has 1 unspecified atom stereocenters. The lowest BCUT2D eigenvalue weighted by molar-refractivity contribution is -0.104. The molecule has 1 aliphatic carbocycles. The first-order valence-corrected chi connectivity index (χ1v) is 8.61. The van der Waals surface area contributed by atoms with Crippen molar-refractivity contribution in [2.24, 2.45) is 22.5 Å². The van der Waals surface area contributed by atoms with E-state index in [2.05, 4.69) is 27.7 Å². The van der Waals surface area contributed by atoms with Gasteiger partial charge in [-0.1, -0.05) is 47.0 Å². The average molecular weight is 284 g/mol. The van der Waals surface area contributed by atoms with Crippen LogP contribution >= 0.6 is 0 Å². The fourth-order valence-electron chi connectivity index (χ4n) is 3.98. The zero-order chi connectivity index (χ0) is 15.4. The predicted octanol–water partition coefficient (Wildman–Crippen LogP) is 4.50. The first-order chi connectivity index (χ1) is 9.18. The standard InChI is InChI=1S/C18H37NO/c1-6-7-8-11-17(5,20)18(14-19)12-9-15(10-13-18)16(2,3)4/h15,20H,6-14,19H2,1-5H3. The van der Waals surface area contributed by atoms with E-state index in [1.165, 1.54) is 25.7 Å². The molecule has 0 aromatic heterocycles. The zero-order valence-electron chi connectivity index (χ0n) is 14.5. The van der Waals surface area contributed by atoms with Crippen molar-refractivity contribution in [1.82, 2.24) is 0 Å². The zero-order valence-corrected chi connectivity index (χ0v) is 14.5. The summed E-state index contributed by atoms with van der Waals surface area (Å²) in [5.74, 6) is 0.772. The van der Waals surface area contributed by atoms with E-state index < -0.39 is 5.60 Å². The van der Waals surface area contributed by atoms with Gasteiger partial charge in [0, 0.05) is 12.0 Å². The molecule has 0 aliphatic heterocycles. The van der Waals surface area contributed by atoms with Crippen molar-refractivity contribution in [2.75, 3.05) is 6.54 Å². The molecule has 0 radical (unpaired) electrons. The minimum Gasteiger partial charge on any atom is -0.390 e. The number of unbranched alkanes of at least 4 members (excludes halogenated alkanes) is 2. The summed E-state index contributed by atoms with van der Waals surface area (Å²) in [5.41, 5.74) is 5.86. The molecule has 0 aromatic rings. The third-order valence-electron chi connectivity index (χ3n) is 5.97. The van der Waals surface area contributed by atoms with Gasteiger partial charge in [-0.25, -0.2) is 0 Å². The van der Waals surface area contributed by atoms with Crippen LogP contribution in [0, 0.1) is 16.7 Å². The SMILES string of the molecule is CCCCCC(C)(O)C1(CN)CCC(C(C)(C)C)CC1. The molecule has 20 heavy (non-hydrogen) atoms. The first kappa shape index (κ1) is 18.0. The summed E-state index contributed by atoms with van der Waals surface area (Å²) in [6, 6.07) is 0. The van der Waals surface area contributed by atoms with Gasteiger partial charge in [0.25, 0.3) is 0 Å². The molecule has 1 rings (SSSR count).